The third-order valence-electron chi connectivity index (χ3n) is 3.89. The number of nitrogens with one attached hydrogen (secondary N) is 1. The zero-order valence-electron chi connectivity index (χ0n) is 14.7. The average molecular weight is 407 g/mol. The first-order valence-electron chi connectivity index (χ1n) is 8.37. The number of allylic oxidation sites excluding steroid dienone is 1. The molecule has 3 rings (SSSR count). The molecular weight excluding hydrogens is 388 g/mol. The molecule has 2 heterocycles. The van der Waals surface area contributed by atoms with E-state index in [0.717, 1.165) is 0 Å². The molecule has 0 saturated heterocycles. The second-order valence-electron chi connectivity index (χ2n) is 5.81. The Morgan fingerprint density at radius 2 is 2.04 bits per heavy atom. The Morgan fingerprint density at radius 3 is 2.70 bits per heavy atom. The van der Waals surface area contributed by atoms with Gasteiger partial charge in [0, 0.05) is 16.5 Å². The van der Waals surface area contributed by atoms with Gasteiger partial charge in [-0.05, 0) is 43.3 Å². The van der Waals surface area contributed by atoms with Crippen LogP contribution in [-0.2, 0) is 20.9 Å². The van der Waals surface area contributed by atoms with E-state index in [9.17, 15) is 9.59 Å². The lowest BCUT2D eigenvalue weighted by Gasteiger charge is -2.26. The molecule has 2 aromatic rings. The SMILES string of the molecule is CC1=C(C(=O)N(CC(=O)NCc2ccco2)c2ccc(Cl)cc2)SCCO1. The van der Waals surface area contributed by atoms with E-state index in [0.29, 0.717) is 39.5 Å². The summed E-state index contributed by atoms with van der Waals surface area (Å²) in [5, 5.41) is 3.31. The number of amides is 2. The van der Waals surface area contributed by atoms with Crippen LogP contribution in [0.3, 0.4) is 0 Å². The first-order valence-corrected chi connectivity index (χ1v) is 9.74. The van der Waals surface area contributed by atoms with Crippen LogP contribution in [0.5, 0.6) is 0 Å². The number of halogens is 1. The zero-order valence-corrected chi connectivity index (χ0v) is 16.3. The summed E-state index contributed by atoms with van der Waals surface area (Å²) in [7, 11) is 0. The number of hydrogen-bond acceptors (Lipinski definition) is 5. The number of anilines is 1. The summed E-state index contributed by atoms with van der Waals surface area (Å²) < 4.78 is 10.7. The predicted molar refractivity (Wildman–Crippen MR) is 105 cm³/mol. The monoisotopic (exact) mass is 406 g/mol. The molecule has 1 N–H and O–H groups in total. The molecule has 0 bridgehead atoms. The molecule has 0 aliphatic carbocycles. The fourth-order valence-electron chi connectivity index (χ4n) is 2.54. The molecule has 0 saturated carbocycles. The van der Waals surface area contributed by atoms with Crippen LogP contribution in [0.2, 0.25) is 5.02 Å². The fourth-order valence-corrected chi connectivity index (χ4v) is 3.53. The first-order chi connectivity index (χ1) is 13.0. The zero-order chi connectivity index (χ0) is 19.2. The minimum absolute atomic E-state index is 0.126. The predicted octanol–water partition coefficient (Wildman–Crippen LogP) is 3.58. The molecule has 8 heteroatoms. The van der Waals surface area contributed by atoms with E-state index < -0.39 is 0 Å². The summed E-state index contributed by atoms with van der Waals surface area (Å²) in [6, 6.07) is 10.3. The van der Waals surface area contributed by atoms with Crippen LogP contribution in [-0.4, -0.2) is 30.7 Å². The molecule has 2 amide bonds. The van der Waals surface area contributed by atoms with Crippen molar-refractivity contribution in [2.75, 3.05) is 23.8 Å². The molecule has 0 spiro atoms. The summed E-state index contributed by atoms with van der Waals surface area (Å²) in [5.41, 5.74) is 0.587. The second-order valence-corrected chi connectivity index (χ2v) is 7.35. The molecule has 1 aromatic heterocycles. The molecule has 1 aromatic carbocycles. The highest BCUT2D eigenvalue weighted by molar-refractivity contribution is 8.04. The molecule has 1 aliphatic heterocycles. The number of rotatable bonds is 6. The summed E-state index contributed by atoms with van der Waals surface area (Å²) in [6.07, 6.45) is 1.54. The van der Waals surface area contributed by atoms with E-state index in [1.54, 1.807) is 49.6 Å². The van der Waals surface area contributed by atoms with Gasteiger partial charge in [0.05, 0.1) is 19.4 Å². The largest absolute Gasteiger partial charge is 0.496 e. The van der Waals surface area contributed by atoms with Crippen molar-refractivity contribution in [3.63, 3.8) is 0 Å². The van der Waals surface area contributed by atoms with Crippen molar-refractivity contribution in [1.29, 1.82) is 0 Å². The smallest absolute Gasteiger partial charge is 0.268 e. The maximum Gasteiger partial charge on any atom is 0.268 e. The van der Waals surface area contributed by atoms with Crippen molar-refractivity contribution < 1.29 is 18.7 Å². The number of nitrogens with zero attached hydrogens (tertiary/aromatic N) is 1. The number of thioether (sulfide) groups is 1. The molecule has 142 valence electrons. The Kier molecular flexibility index (Phi) is 6.47. The number of ether oxygens (including phenoxy) is 1. The number of carbonyl (C=O) groups excluding carboxylic acids is 2. The number of benzene rings is 1. The standard InChI is InChI=1S/C19H19ClN2O4S/c1-13-18(27-10-9-25-13)19(24)22(15-6-4-14(20)5-7-15)12-17(23)21-11-16-3-2-8-26-16/h2-8H,9-12H2,1H3,(H,21,23). The lowest BCUT2D eigenvalue weighted by molar-refractivity contribution is -0.122. The van der Waals surface area contributed by atoms with Crippen LogP contribution in [0, 0.1) is 0 Å². The maximum absolute atomic E-state index is 13.1. The minimum atomic E-state index is -0.297. The van der Waals surface area contributed by atoms with Gasteiger partial charge in [0.2, 0.25) is 5.91 Å². The number of hydrogen-bond donors (Lipinski definition) is 1. The third kappa shape index (κ3) is 5.08. The summed E-state index contributed by atoms with van der Waals surface area (Å²) in [5.74, 6) is 1.34. The highest BCUT2D eigenvalue weighted by Gasteiger charge is 2.27. The minimum Gasteiger partial charge on any atom is -0.496 e. The Morgan fingerprint density at radius 1 is 1.26 bits per heavy atom. The second kappa shape index (κ2) is 9.01. The van der Waals surface area contributed by atoms with Crippen LogP contribution < -0.4 is 10.2 Å². The Bertz CT molecular complexity index is 834. The van der Waals surface area contributed by atoms with Crippen LogP contribution in [0.4, 0.5) is 5.69 Å². The van der Waals surface area contributed by atoms with Crippen molar-refractivity contribution in [3.8, 4) is 0 Å². The van der Waals surface area contributed by atoms with Gasteiger partial charge in [-0.25, -0.2) is 0 Å². The number of carbonyl (C=O) groups is 2. The van der Waals surface area contributed by atoms with E-state index in [2.05, 4.69) is 5.32 Å². The van der Waals surface area contributed by atoms with Gasteiger partial charge in [-0.2, -0.15) is 0 Å². The molecule has 27 heavy (non-hydrogen) atoms. The summed E-state index contributed by atoms with van der Waals surface area (Å²) >= 11 is 7.39. The van der Waals surface area contributed by atoms with Gasteiger partial charge in [-0.1, -0.05) is 11.6 Å². The summed E-state index contributed by atoms with van der Waals surface area (Å²) in [6.45, 7) is 2.46. The maximum atomic E-state index is 13.1. The van der Waals surface area contributed by atoms with Crippen LogP contribution in [0.25, 0.3) is 0 Å². The van der Waals surface area contributed by atoms with Crippen molar-refractivity contribution in [1.82, 2.24) is 5.32 Å². The van der Waals surface area contributed by atoms with Gasteiger partial charge in [0.15, 0.2) is 0 Å². The van der Waals surface area contributed by atoms with Gasteiger partial charge < -0.3 is 14.5 Å². The molecule has 0 fully saturated rings. The highest BCUT2D eigenvalue weighted by atomic mass is 35.5. The van der Waals surface area contributed by atoms with E-state index in [-0.39, 0.29) is 24.9 Å². The molecular formula is C19H19ClN2O4S. The Labute approximate surface area is 166 Å². The Balaban J connectivity index is 1.78. The van der Waals surface area contributed by atoms with Gasteiger partial charge in [0.1, 0.15) is 23.0 Å². The van der Waals surface area contributed by atoms with Crippen molar-refractivity contribution in [3.05, 3.63) is 64.1 Å². The Hall–Kier alpha value is -2.38. The quantitative estimate of drug-likeness (QED) is 0.793. The van der Waals surface area contributed by atoms with E-state index >= 15 is 0 Å². The van der Waals surface area contributed by atoms with Crippen LogP contribution in [0.15, 0.2) is 57.7 Å². The molecule has 0 radical (unpaired) electrons. The fraction of sp³-hybridized carbons (Fsp3) is 0.263. The van der Waals surface area contributed by atoms with Crippen molar-refractivity contribution in [2.45, 2.75) is 13.5 Å². The van der Waals surface area contributed by atoms with Gasteiger partial charge >= 0.3 is 0 Å². The van der Waals surface area contributed by atoms with Crippen molar-refractivity contribution >= 4 is 40.9 Å². The van der Waals surface area contributed by atoms with Crippen molar-refractivity contribution in [2.24, 2.45) is 0 Å². The highest BCUT2D eigenvalue weighted by Crippen LogP contribution is 2.29. The summed E-state index contributed by atoms with van der Waals surface area (Å²) in [4.78, 5) is 27.5. The average Bonchev–Trinajstić information content (AvgIpc) is 3.19. The van der Waals surface area contributed by atoms with Gasteiger partial charge in [-0.3, -0.25) is 14.5 Å². The lowest BCUT2D eigenvalue weighted by Crippen LogP contribution is -2.41. The van der Waals surface area contributed by atoms with Crippen LogP contribution in [0.1, 0.15) is 12.7 Å². The first kappa shape index (κ1) is 19.4. The van der Waals surface area contributed by atoms with Crippen LogP contribution >= 0.6 is 23.4 Å². The number of furan rings is 1. The van der Waals surface area contributed by atoms with E-state index in [1.807, 2.05) is 0 Å². The molecule has 0 atom stereocenters. The van der Waals surface area contributed by atoms with Gasteiger partial charge in [0.25, 0.3) is 5.91 Å². The molecule has 1 aliphatic rings. The lowest BCUT2D eigenvalue weighted by atomic mass is 10.2. The van der Waals surface area contributed by atoms with Gasteiger partial charge in [-0.15, -0.1) is 11.8 Å². The normalized spacial score (nSPS) is 13.9. The topological polar surface area (TPSA) is 71.8 Å². The third-order valence-corrected chi connectivity index (χ3v) is 5.26. The van der Waals surface area contributed by atoms with E-state index in [1.165, 1.54) is 16.7 Å². The van der Waals surface area contributed by atoms with E-state index in [4.69, 9.17) is 20.8 Å². The molecule has 0 unspecified atom stereocenters. The molecule has 6 nitrogen and oxygen atoms in total.